The number of benzene rings is 1. The molecule has 0 atom stereocenters. The smallest absolute Gasteiger partial charge is 0.252 e. The minimum Gasteiger partial charge on any atom is -0.508 e. The van der Waals surface area contributed by atoms with Crippen molar-refractivity contribution in [2.75, 3.05) is 11.9 Å². The molecule has 1 aliphatic rings. The highest BCUT2D eigenvalue weighted by molar-refractivity contribution is 9.09. The van der Waals surface area contributed by atoms with Crippen molar-refractivity contribution in [3.8, 4) is 5.75 Å². The average Bonchev–Trinajstić information content (AvgIpc) is 3.10. The van der Waals surface area contributed by atoms with E-state index in [4.69, 9.17) is 11.6 Å². The second kappa shape index (κ2) is 5.49. The van der Waals surface area contributed by atoms with Gasteiger partial charge in [0.15, 0.2) is 0 Å². The van der Waals surface area contributed by atoms with Crippen molar-refractivity contribution in [1.82, 2.24) is 5.32 Å². The third-order valence-electron chi connectivity index (χ3n) is 3.40. The molecule has 2 rings (SSSR count). The third-order valence-corrected chi connectivity index (χ3v) is 4.13. The summed E-state index contributed by atoms with van der Waals surface area (Å²) in [5, 5.41) is 13.6. The van der Waals surface area contributed by atoms with Gasteiger partial charge in [-0.1, -0.05) is 27.5 Å². The van der Waals surface area contributed by atoms with Gasteiger partial charge in [0.25, 0.3) is 5.91 Å². The van der Waals surface area contributed by atoms with Crippen LogP contribution in [0.2, 0.25) is 5.02 Å². The van der Waals surface area contributed by atoms with Gasteiger partial charge in [-0.2, -0.15) is 0 Å². The van der Waals surface area contributed by atoms with Gasteiger partial charge in [-0.15, -0.1) is 0 Å². The van der Waals surface area contributed by atoms with E-state index in [0.717, 1.165) is 24.6 Å². The van der Waals surface area contributed by atoms with E-state index in [1.54, 1.807) is 0 Å². The molecule has 18 heavy (non-hydrogen) atoms. The van der Waals surface area contributed by atoms with Gasteiger partial charge in [-0.25, -0.2) is 0 Å². The first-order chi connectivity index (χ1) is 8.56. The van der Waals surface area contributed by atoms with Crippen molar-refractivity contribution >= 4 is 33.4 Å². The summed E-state index contributed by atoms with van der Waals surface area (Å²) in [6.07, 6.45) is 3.39. The van der Waals surface area contributed by atoms with E-state index in [2.05, 4.69) is 21.2 Å². The van der Waals surface area contributed by atoms with Crippen LogP contribution in [0.1, 0.15) is 29.6 Å². The van der Waals surface area contributed by atoms with Crippen molar-refractivity contribution in [2.24, 2.45) is 5.41 Å². The van der Waals surface area contributed by atoms with Crippen LogP contribution < -0.4 is 5.32 Å². The lowest BCUT2D eigenvalue weighted by molar-refractivity contribution is 0.0944. The fourth-order valence-corrected chi connectivity index (χ4v) is 2.99. The van der Waals surface area contributed by atoms with Crippen LogP contribution in [0.25, 0.3) is 0 Å². The van der Waals surface area contributed by atoms with E-state index in [9.17, 15) is 9.90 Å². The molecule has 0 aliphatic heterocycles. The van der Waals surface area contributed by atoms with Crippen LogP contribution in [0.5, 0.6) is 5.75 Å². The van der Waals surface area contributed by atoms with E-state index >= 15 is 0 Å². The maximum atomic E-state index is 12.0. The van der Waals surface area contributed by atoms with Gasteiger partial charge in [0.05, 0.1) is 10.6 Å². The predicted molar refractivity (Wildman–Crippen MR) is 75.5 cm³/mol. The van der Waals surface area contributed by atoms with E-state index in [1.807, 2.05) is 0 Å². The first kappa shape index (κ1) is 13.7. The number of phenols is 1. The zero-order valence-corrected chi connectivity index (χ0v) is 12.2. The summed E-state index contributed by atoms with van der Waals surface area (Å²) in [7, 11) is 0. The van der Waals surface area contributed by atoms with E-state index in [1.165, 1.54) is 18.2 Å². The number of nitrogens with one attached hydrogen (secondary N) is 1. The molecule has 1 aliphatic carbocycles. The number of carbonyl (C=O) groups excluding carboxylic acids is 1. The number of carbonyl (C=O) groups is 1. The molecule has 0 bridgehead atoms. The molecule has 0 aromatic heterocycles. The predicted octanol–water partition coefficient (Wildman–Crippen LogP) is 3.34. The summed E-state index contributed by atoms with van der Waals surface area (Å²) in [5.41, 5.74) is 0.592. The quantitative estimate of drug-likeness (QED) is 0.813. The summed E-state index contributed by atoms with van der Waals surface area (Å²) < 4.78 is 0. The number of alkyl halides is 1. The minimum absolute atomic E-state index is 0.0474. The highest BCUT2D eigenvalue weighted by Crippen LogP contribution is 2.48. The Morgan fingerprint density at radius 3 is 2.83 bits per heavy atom. The molecule has 3 nitrogen and oxygen atoms in total. The van der Waals surface area contributed by atoms with Crippen molar-refractivity contribution in [2.45, 2.75) is 19.3 Å². The number of halogens is 2. The number of hydrogen-bond donors (Lipinski definition) is 2. The highest BCUT2D eigenvalue weighted by Gasteiger charge is 2.41. The molecular weight excluding hydrogens is 318 g/mol. The zero-order chi connectivity index (χ0) is 13.2. The van der Waals surface area contributed by atoms with Crippen LogP contribution >= 0.6 is 27.5 Å². The van der Waals surface area contributed by atoms with Gasteiger partial charge in [0.1, 0.15) is 5.75 Å². The molecule has 1 aromatic rings. The van der Waals surface area contributed by atoms with Crippen molar-refractivity contribution in [3.05, 3.63) is 28.8 Å². The van der Waals surface area contributed by atoms with Crippen molar-refractivity contribution in [3.63, 3.8) is 0 Å². The van der Waals surface area contributed by atoms with Crippen LogP contribution in [0.15, 0.2) is 18.2 Å². The fraction of sp³-hybridized carbons (Fsp3) is 0.462. The Morgan fingerprint density at radius 1 is 1.50 bits per heavy atom. The van der Waals surface area contributed by atoms with Crippen LogP contribution in [-0.4, -0.2) is 22.9 Å². The first-order valence-corrected chi connectivity index (χ1v) is 7.39. The molecule has 0 saturated heterocycles. The summed E-state index contributed by atoms with van der Waals surface area (Å²) in [6.45, 7) is 0.670. The SMILES string of the molecule is O=C(NCC1(CCBr)CC1)c1cc(O)ccc1Cl. The van der Waals surface area contributed by atoms with Crippen molar-refractivity contribution in [1.29, 1.82) is 0 Å². The van der Waals surface area contributed by atoms with Gasteiger partial charge >= 0.3 is 0 Å². The van der Waals surface area contributed by atoms with Gasteiger partial charge in [0, 0.05) is 11.9 Å². The minimum atomic E-state index is -0.225. The second-order valence-electron chi connectivity index (χ2n) is 4.79. The average molecular weight is 333 g/mol. The Kier molecular flexibility index (Phi) is 4.17. The molecule has 2 N–H and O–H groups in total. The number of aromatic hydroxyl groups is 1. The van der Waals surface area contributed by atoms with Gasteiger partial charge in [-0.3, -0.25) is 4.79 Å². The normalized spacial score (nSPS) is 16.3. The monoisotopic (exact) mass is 331 g/mol. The lowest BCUT2D eigenvalue weighted by Crippen LogP contribution is -2.30. The number of amides is 1. The van der Waals surface area contributed by atoms with E-state index < -0.39 is 0 Å². The zero-order valence-electron chi connectivity index (χ0n) is 9.88. The molecule has 0 radical (unpaired) electrons. The summed E-state index contributed by atoms with van der Waals surface area (Å²) in [5.74, 6) is -0.178. The van der Waals surface area contributed by atoms with E-state index in [0.29, 0.717) is 17.1 Å². The standard InChI is InChI=1S/C13H15BrClNO2/c14-6-5-13(3-4-13)8-16-12(18)10-7-9(17)1-2-11(10)15/h1-2,7,17H,3-6,8H2,(H,16,18). The molecule has 0 spiro atoms. The molecule has 1 saturated carbocycles. The Bertz CT molecular complexity index is 460. The number of hydrogen-bond acceptors (Lipinski definition) is 2. The van der Waals surface area contributed by atoms with Gasteiger partial charge in [0.2, 0.25) is 0 Å². The van der Waals surface area contributed by atoms with E-state index in [-0.39, 0.29) is 17.1 Å². The van der Waals surface area contributed by atoms with Crippen LogP contribution in [0, 0.1) is 5.41 Å². The summed E-state index contributed by atoms with van der Waals surface area (Å²) >= 11 is 9.37. The maximum absolute atomic E-state index is 12.0. The molecular formula is C13H15BrClNO2. The van der Waals surface area contributed by atoms with Crippen LogP contribution in [-0.2, 0) is 0 Å². The molecule has 1 aromatic carbocycles. The fourth-order valence-electron chi connectivity index (χ4n) is 1.94. The Balaban J connectivity index is 1.98. The Morgan fingerprint density at radius 2 is 2.22 bits per heavy atom. The molecule has 0 heterocycles. The van der Waals surface area contributed by atoms with Crippen LogP contribution in [0.3, 0.4) is 0 Å². The van der Waals surface area contributed by atoms with Crippen LogP contribution in [0.4, 0.5) is 0 Å². The molecule has 0 unspecified atom stereocenters. The molecule has 98 valence electrons. The number of phenolic OH excluding ortho intramolecular Hbond substituents is 1. The van der Waals surface area contributed by atoms with Gasteiger partial charge in [-0.05, 0) is 42.9 Å². The molecule has 5 heteroatoms. The lowest BCUT2D eigenvalue weighted by Gasteiger charge is -2.15. The molecule has 1 fully saturated rings. The Labute approximate surface area is 120 Å². The van der Waals surface area contributed by atoms with Gasteiger partial charge < -0.3 is 10.4 Å². The second-order valence-corrected chi connectivity index (χ2v) is 5.99. The molecule has 1 amide bonds. The largest absolute Gasteiger partial charge is 0.508 e. The lowest BCUT2D eigenvalue weighted by atomic mass is 10.0. The topological polar surface area (TPSA) is 49.3 Å². The first-order valence-electron chi connectivity index (χ1n) is 5.89. The summed E-state index contributed by atoms with van der Waals surface area (Å²) in [4.78, 5) is 12.0. The maximum Gasteiger partial charge on any atom is 0.252 e. The highest BCUT2D eigenvalue weighted by atomic mass is 79.9. The summed E-state index contributed by atoms with van der Waals surface area (Å²) in [6, 6.07) is 4.38. The number of rotatable bonds is 5. The third kappa shape index (κ3) is 3.18. The Hall–Kier alpha value is -0.740. The van der Waals surface area contributed by atoms with Crippen molar-refractivity contribution < 1.29 is 9.90 Å².